The summed E-state index contributed by atoms with van der Waals surface area (Å²) in [5.41, 5.74) is 11.1. The molecule has 2 aliphatic rings. The lowest BCUT2D eigenvalue weighted by atomic mass is 9.60. The topological polar surface area (TPSA) is 83.8 Å². The highest BCUT2D eigenvalue weighted by Crippen LogP contribution is 2.63. The number of rotatable bonds is 6. The summed E-state index contributed by atoms with van der Waals surface area (Å²) in [4.78, 5) is 35.6. The van der Waals surface area contributed by atoms with Crippen molar-refractivity contribution in [2.45, 2.75) is 5.41 Å². The van der Waals surface area contributed by atoms with Gasteiger partial charge in [0.15, 0.2) is 23.3 Å². The van der Waals surface area contributed by atoms with E-state index in [9.17, 15) is 0 Å². The van der Waals surface area contributed by atoms with Gasteiger partial charge in [0.05, 0.1) is 28.2 Å². The molecule has 2 aliphatic heterocycles. The van der Waals surface area contributed by atoms with E-state index in [-0.39, 0.29) is 0 Å². The summed E-state index contributed by atoms with van der Waals surface area (Å²) in [6, 6.07) is 75.1. The quantitative estimate of drug-likeness (QED) is 0.164. The molecule has 10 aromatic rings. The summed E-state index contributed by atoms with van der Waals surface area (Å²) in [6.45, 7) is 0. The molecule has 296 valence electrons. The molecule has 4 heterocycles. The molecule has 0 fully saturated rings. The summed E-state index contributed by atoms with van der Waals surface area (Å²) in [5.74, 6) is 3.45. The van der Waals surface area contributed by atoms with Crippen molar-refractivity contribution in [2.75, 3.05) is 9.80 Å². The van der Waals surface area contributed by atoms with Crippen molar-refractivity contribution in [3.63, 3.8) is 0 Å². The van der Waals surface area contributed by atoms with Crippen LogP contribution in [0.2, 0.25) is 0 Å². The summed E-state index contributed by atoms with van der Waals surface area (Å²) >= 11 is 0. The van der Waals surface area contributed by atoms with Crippen molar-refractivity contribution < 1.29 is 0 Å². The average molecular weight is 809 g/mol. The predicted octanol–water partition coefficient (Wildman–Crippen LogP) is 12.7. The normalized spacial score (nSPS) is 13.1. The van der Waals surface area contributed by atoms with Crippen LogP contribution in [-0.4, -0.2) is 29.9 Å². The number of aromatic nitrogens is 6. The summed E-state index contributed by atoms with van der Waals surface area (Å²) in [5, 5.41) is 0. The average Bonchev–Trinajstić information content (AvgIpc) is 3.37. The lowest BCUT2D eigenvalue weighted by Gasteiger charge is -2.50. The SMILES string of the molecule is c1ccc(-c2nc(-c3ccccc3)nc(N3c4ccccc4C4(c5ccccc53)c3ccccc3N(c3nc(-c5ccccc5)nc(-c5ccccc5)n3)c3ccccc34)n2)cc1. The highest BCUT2D eigenvalue weighted by molar-refractivity contribution is 5.95. The van der Waals surface area contributed by atoms with E-state index in [0.29, 0.717) is 35.2 Å². The van der Waals surface area contributed by atoms with Gasteiger partial charge >= 0.3 is 0 Å². The fraction of sp³-hybridized carbons (Fsp3) is 0.0182. The molecule has 0 amide bonds. The van der Waals surface area contributed by atoms with E-state index in [1.54, 1.807) is 0 Å². The molecule has 0 saturated heterocycles. The zero-order chi connectivity index (χ0) is 41.7. The fourth-order valence-electron chi connectivity index (χ4n) is 9.30. The van der Waals surface area contributed by atoms with E-state index in [2.05, 4.69) is 107 Å². The third kappa shape index (κ3) is 5.84. The Morgan fingerprint density at radius 2 is 0.460 bits per heavy atom. The van der Waals surface area contributed by atoms with Crippen LogP contribution < -0.4 is 9.80 Å². The van der Waals surface area contributed by atoms with Crippen LogP contribution in [0.3, 0.4) is 0 Å². The van der Waals surface area contributed by atoms with E-state index < -0.39 is 5.41 Å². The predicted molar refractivity (Wildman–Crippen MR) is 250 cm³/mol. The number of hydrogen-bond acceptors (Lipinski definition) is 8. The van der Waals surface area contributed by atoms with Crippen molar-refractivity contribution >= 4 is 34.6 Å². The number of fused-ring (bicyclic) bond motifs is 8. The first kappa shape index (κ1) is 36.2. The Morgan fingerprint density at radius 3 is 0.714 bits per heavy atom. The van der Waals surface area contributed by atoms with Gasteiger partial charge in [-0.2, -0.15) is 19.9 Å². The third-order valence-electron chi connectivity index (χ3n) is 12.0. The molecular formula is C55H36N8. The Morgan fingerprint density at radius 1 is 0.238 bits per heavy atom. The molecule has 8 nitrogen and oxygen atoms in total. The third-order valence-corrected chi connectivity index (χ3v) is 12.0. The molecule has 8 heteroatoms. The summed E-state index contributed by atoms with van der Waals surface area (Å²) < 4.78 is 0. The largest absolute Gasteiger partial charge is 0.278 e. The summed E-state index contributed by atoms with van der Waals surface area (Å²) in [7, 11) is 0. The molecule has 63 heavy (non-hydrogen) atoms. The van der Waals surface area contributed by atoms with Gasteiger partial charge in [-0.05, 0) is 46.5 Å². The lowest BCUT2D eigenvalue weighted by molar-refractivity contribution is 0.714. The van der Waals surface area contributed by atoms with Crippen LogP contribution in [0, 0.1) is 0 Å². The molecule has 8 aromatic carbocycles. The Labute approximate surface area is 364 Å². The zero-order valence-corrected chi connectivity index (χ0v) is 33.9. The maximum Gasteiger partial charge on any atom is 0.238 e. The van der Waals surface area contributed by atoms with Gasteiger partial charge in [-0.3, -0.25) is 9.80 Å². The highest BCUT2D eigenvalue weighted by Gasteiger charge is 2.52. The van der Waals surface area contributed by atoms with Gasteiger partial charge in [-0.25, -0.2) is 9.97 Å². The number of benzene rings is 8. The molecule has 0 unspecified atom stereocenters. The number of para-hydroxylation sites is 4. The molecule has 0 atom stereocenters. The van der Waals surface area contributed by atoms with E-state index >= 15 is 0 Å². The van der Waals surface area contributed by atoms with Crippen molar-refractivity contribution in [1.82, 2.24) is 29.9 Å². The molecule has 0 bridgehead atoms. The smallest absolute Gasteiger partial charge is 0.238 e. The van der Waals surface area contributed by atoms with Crippen LogP contribution in [0.25, 0.3) is 45.6 Å². The molecule has 0 radical (unpaired) electrons. The minimum absolute atomic E-state index is 0.531. The maximum absolute atomic E-state index is 5.26. The van der Waals surface area contributed by atoms with Crippen molar-refractivity contribution in [3.8, 4) is 45.6 Å². The minimum Gasteiger partial charge on any atom is -0.278 e. The van der Waals surface area contributed by atoms with Crippen LogP contribution in [0.15, 0.2) is 218 Å². The molecule has 2 aromatic heterocycles. The number of hydrogen-bond donors (Lipinski definition) is 0. The van der Waals surface area contributed by atoms with Crippen LogP contribution in [0.4, 0.5) is 34.6 Å². The fourth-order valence-corrected chi connectivity index (χ4v) is 9.30. The Kier molecular flexibility index (Phi) is 8.53. The second-order valence-electron chi connectivity index (χ2n) is 15.5. The standard InChI is InChI=1S/C55H36N8/c1-5-21-37(22-6-1)49-56-50(38-23-7-2-8-24-38)59-53(58-49)62-45-33-17-13-29-41(45)55(42-30-14-18-34-46(42)62)43-31-15-19-35-47(43)63(48-36-20-16-32-44(48)55)54-60-51(39-25-9-3-10-26-39)57-52(61-54)40-27-11-4-12-28-40/h1-36H. The van der Waals surface area contributed by atoms with Gasteiger partial charge in [0.25, 0.3) is 0 Å². The lowest BCUT2D eigenvalue weighted by Crippen LogP contribution is -2.42. The number of nitrogens with zero attached hydrogens (tertiary/aromatic N) is 8. The Bertz CT molecular complexity index is 2870. The molecule has 0 N–H and O–H groups in total. The van der Waals surface area contributed by atoms with Gasteiger partial charge < -0.3 is 0 Å². The van der Waals surface area contributed by atoms with E-state index in [0.717, 1.165) is 67.3 Å². The Hall–Kier alpha value is -8.62. The van der Waals surface area contributed by atoms with Gasteiger partial charge in [0.1, 0.15) is 0 Å². The van der Waals surface area contributed by atoms with Gasteiger partial charge in [-0.15, -0.1) is 0 Å². The molecular weight excluding hydrogens is 773 g/mol. The first-order valence-corrected chi connectivity index (χ1v) is 21.0. The first-order chi connectivity index (χ1) is 31.3. The van der Waals surface area contributed by atoms with Crippen molar-refractivity contribution in [3.05, 3.63) is 241 Å². The van der Waals surface area contributed by atoms with Crippen LogP contribution in [0.1, 0.15) is 22.3 Å². The Balaban J connectivity index is 1.11. The van der Waals surface area contributed by atoms with Crippen LogP contribution >= 0.6 is 0 Å². The van der Waals surface area contributed by atoms with Crippen molar-refractivity contribution in [2.24, 2.45) is 0 Å². The number of anilines is 6. The molecule has 12 rings (SSSR count). The second-order valence-corrected chi connectivity index (χ2v) is 15.5. The minimum atomic E-state index is -0.775. The monoisotopic (exact) mass is 808 g/mol. The van der Waals surface area contributed by atoms with Crippen molar-refractivity contribution in [1.29, 1.82) is 0 Å². The zero-order valence-electron chi connectivity index (χ0n) is 33.9. The maximum atomic E-state index is 5.26. The van der Waals surface area contributed by atoms with Gasteiger partial charge in [0, 0.05) is 22.3 Å². The second kappa shape index (κ2) is 14.8. The van der Waals surface area contributed by atoms with E-state index in [1.807, 2.05) is 121 Å². The van der Waals surface area contributed by atoms with E-state index in [1.165, 1.54) is 0 Å². The van der Waals surface area contributed by atoms with Crippen LogP contribution in [0.5, 0.6) is 0 Å². The van der Waals surface area contributed by atoms with Gasteiger partial charge in [-0.1, -0.05) is 194 Å². The van der Waals surface area contributed by atoms with Crippen LogP contribution in [-0.2, 0) is 5.41 Å². The molecule has 1 spiro atoms. The molecule has 0 saturated carbocycles. The highest BCUT2D eigenvalue weighted by atomic mass is 15.3. The first-order valence-electron chi connectivity index (χ1n) is 21.0. The molecule has 0 aliphatic carbocycles. The van der Waals surface area contributed by atoms with E-state index in [4.69, 9.17) is 29.9 Å². The van der Waals surface area contributed by atoms with Gasteiger partial charge in [0.2, 0.25) is 11.9 Å². The summed E-state index contributed by atoms with van der Waals surface area (Å²) in [6.07, 6.45) is 0.